The maximum absolute atomic E-state index is 13.2. The van der Waals surface area contributed by atoms with Crippen LogP contribution in [0, 0.1) is 22.7 Å². The normalized spacial score (nSPS) is 17.3. The lowest BCUT2D eigenvalue weighted by Gasteiger charge is -2.40. The van der Waals surface area contributed by atoms with Gasteiger partial charge in [0.05, 0.1) is 11.8 Å². The maximum atomic E-state index is 13.2. The Kier molecular flexibility index (Phi) is 10.2. The third-order valence-corrected chi connectivity index (χ3v) is 6.32. The molecule has 3 unspecified atom stereocenters. The summed E-state index contributed by atoms with van der Waals surface area (Å²) in [5.74, 6) is -8.65. The molecule has 0 radical (unpaired) electrons. The standard InChI is InChI=1S/C23H39F5O4/c1-10-15(17(29)31-14-22(24,25)23(26,27)28)21(9,12-3)32-18(30)16(19(4,5)6)13-20(7,8)11-2/h15-16H,10-14H2,1-9H3. The molecule has 0 saturated carbocycles. The molecule has 0 aliphatic rings. The zero-order valence-electron chi connectivity index (χ0n) is 20.7. The second kappa shape index (κ2) is 10.7. The van der Waals surface area contributed by atoms with E-state index in [0.717, 1.165) is 6.42 Å². The highest BCUT2D eigenvalue weighted by molar-refractivity contribution is 5.77. The minimum atomic E-state index is -5.83. The smallest absolute Gasteiger partial charge is 0.456 e. The second-order valence-corrected chi connectivity index (χ2v) is 10.5. The number of rotatable bonds is 11. The summed E-state index contributed by atoms with van der Waals surface area (Å²) in [6.45, 7) is 14.3. The molecule has 190 valence electrons. The number of esters is 2. The molecule has 0 heterocycles. The molecule has 0 aromatic carbocycles. The van der Waals surface area contributed by atoms with Crippen LogP contribution in [0.25, 0.3) is 0 Å². The Morgan fingerprint density at radius 3 is 1.62 bits per heavy atom. The van der Waals surface area contributed by atoms with Crippen molar-refractivity contribution in [1.82, 2.24) is 0 Å². The van der Waals surface area contributed by atoms with Crippen LogP contribution < -0.4 is 0 Å². The predicted octanol–water partition coefficient (Wildman–Crippen LogP) is 6.95. The molecule has 0 aromatic heterocycles. The van der Waals surface area contributed by atoms with Gasteiger partial charge in [-0.2, -0.15) is 22.0 Å². The van der Waals surface area contributed by atoms with Gasteiger partial charge in [0.25, 0.3) is 0 Å². The number of carbonyl (C=O) groups is 2. The van der Waals surface area contributed by atoms with Crippen LogP contribution in [0.2, 0.25) is 0 Å². The summed E-state index contributed by atoms with van der Waals surface area (Å²) < 4.78 is 73.7. The summed E-state index contributed by atoms with van der Waals surface area (Å²) in [5.41, 5.74) is -2.02. The molecule has 0 aliphatic heterocycles. The first-order valence-corrected chi connectivity index (χ1v) is 11.0. The van der Waals surface area contributed by atoms with E-state index in [1.54, 1.807) is 13.8 Å². The van der Waals surface area contributed by atoms with Crippen molar-refractivity contribution in [2.75, 3.05) is 6.61 Å². The SMILES string of the molecule is CCC(C(=O)OCC(F)(F)C(F)(F)F)C(C)(CC)OC(=O)C(CC(C)(C)CC)C(C)(C)C. The number of ether oxygens (including phenoxy) is 2. The molecule has 0 amide bonds. The van der Waals surface area contributed by atoms with Crippen molar-refractivity contribution in [2.24, 2.45) is 22.7 Å². The summed E-state index contributed by atoms with van der Waals surface area (Å²) >= 11 is 0. The van der Waals surface area contributed by atoms with Crippen LogP contribution in [-0.2, 0) is 19.1 Å². The number of alkyl halides is 5. The highest BCUT2D eigenvalue weighted by Crippen LogP contribution is 2.41. The van der Waals surface area contributed by atoms with Gasteiger partial charge in [0, 0.05) is 0 Å². The monoisotopic (exact) mass is 474 g/mol. The largest absolute Gasteiger partial charge is 0.459 e. The highest BCUT2D eigenvalue weighted by Gasteiger charge is 2.59. The van der Waals surface area contributed by atoms with Gasteiger partial charge in [-0.1, -0.05) is 61.8 Å². The Balaban J connectivity index is 5.70. The molecule has 0 bridgehead atoms. The van der Waals surface area contributed by atoms with Crippen molar-refractivity contribution in [3.05, 3.63) is 0 Å². The van der Waals surface area contributed by atoms with E-state index in [1.165, 1.54) is 6.92 Å². The minimum absolute atomic E-state index is 0.0364. The lowest BCUT2D eigenvalue weighted by Crippen LogP contribution is -2.48. The summed E-state index contributed by atoms with van der Waals surface area (Å²) in [7, 11) is 0. The van der Waals surface area contributed by atoms with Crippen molar-refractivity contribution in [2.45, 2.75) is 106 Å². The van der Waals surface area contributed by atoms with E-state index < -0.39 is 53.5 Å². The summed E-state index contributed by atoms with van der Waals surface area (Å²) in [6.07, 6.45) is -4.29. The Hall–Kier alpha value is -1.41. The van der Waals surface area contributed by atoms with E-state index in [4.69, 9.17) is 4.74 Å². The van der Waals surface area contributed by atoms with Crippen LogP contribution >= 0.6 is 0 Å². The van der Waals surface area contributed by atoms with Crippen LogP contribution in [0.4, 0.5) is 22.0 Å². The predicted molar refractivity (Wildman–Crippen MR) is 112 cm³/mol. The summed E-state index contributed by atoms with van der Waals surface area (Å²) in [4.78, 5) is 25.7. The first-order chi connectivity index (χ1) is 14.2. The molecular formula is C23H39F5O4. The van der Waals surface area contributed by atoms with Gasteiger partial charge in [0.15, 0.2) is 6.61 Å². The van der Waals surface area contributed by atoms with Gasteiger partial charge in [0.2, 0.25) is 0 Å². The van der Waals surface area contributed by atoms with Crippen LogP contribution in [0.15, 0.2) is 0 Å². The topological polar surface area (TPSA) is 52.6 Å². The molecule has 9 heteroatoms. The van der Waals surface area contributed by atoms with Gasteiger partial charge in [-0.3, -0.25) is 9.59 Å². The van der Waals surface area contributed by atoms with Crippen molar-refractivity contribution >= 4 is 11.9 Å². The molecule has 0 spiro atoms. The lowest BCUT2D eigenvalue weighted by molar-refractivity contribution is -0.294. The molecule has 32 heavy (non-hydrogen) atoms. The van der Waals surface area contributed by atoms with Crippen LogP contribution in [0.5, 0.6) is 0 Å². The molecule has 0 fully saturated rings. The number of hydrogen-bond acceptors (Lipinski definition) is 4. The van der Waals surface area contributed by atoms with Gasteiger partial charge < -0.3 is 9.47 Å². The van der Waals surface area contributed by atoms with Crippen molar-refractivity contribution in [3.8, 4) is 0 Å². The quantitative estimate of drug-likeness (QED) is 0.240. The number of carbonyl (C=O) groups excluding carboxylic acids is 2. The fourth-order valence-corrected chi connectivity index (χ4v) is 3.32. The van der Waals surface area contributed by atoms with Crippen LogP contribution in [0.3, 0.4) is 0 Å². The fraction of sp³-hybridized carbons (Fsp3) is 0.913. The highest BCUT2D eigenvalue weighted by atomic mass is 19.4. The van der Waals surface area contributed by atoms with Gasteiger partial charge in [-0.15, -0.1) is 0 Å². The molecule has 0 saturated heterocycles. The lowest BCUT2D eigenvalue weighted by atomic mass is 9.70. The van der Waals surface area contributed by atoms with E-state index in [1.807, 2.05) is 41.5 Å². The molecule has 0 aliphatic carbocycles. The third kappa shape index (κ3) is 8.18. The summed E-state index contributed by atoms with van der Waals surface area (Å²) in [6, 6.07) is 0. The average Bonchev–Trinajstić information content (AvgIpc) is 2.63. The van der Waals surface area contributed by atoms with Gasteiger partial charge in [0.1, 0.15) is 5.60 Å². The zero-order valence-corrected chi connectivity index (χ0v) is 20.7. The third-order valence-electron chi connectivity index (χ3n) is 6.32. The Morgan fingerprint density at radius 2 is 1.28 bits per heavy atom. The average molecular weight is 475 g/mol. The van der Waals surface area contributed by atoms with Gasteiger partial charge >= 0.3 is 24.0 Å². The van der Waals surface area contributed by atoms with Crippen molar-refractivity contribution in [3.63, 3.8) is 0 Å². The van der Waals surface area contributed by atoms with Crippen LogP contribution in [-0.4, -0.2) is 36.2 Å². The number of halogens is 5. The maximum Gasteiger partial charge on any atom is 0.456 e. The first kappa shape index (κ1) is 30.6. The first-order valence-electron chi connectivity index (χ1n) is 11.0. The number of hydrogen-bond donors (Lipinski definition) is 0. The fourth-order valence-electron chi connectivity index (χ4n) is 3.32. The zero-order chi connectivity index (χ0) is 25.8. The van der Waals surface area contributed by atoms with E-state index in [2.05, 4.69) is 4.74 Å². The Bertz CT molecular complexity index is 637. The van der Waals surface area contributed by atoms with E-state index in [0.29, 0.717) is 6.42 Å². The van der Waals surface area contributed by atoms with Gasteiger partial charge in [-0.25, -0.2) is 0 Å². The van der Waals surface area contributed by atoms with Crippen LogP contribution in [0.1, 0.15) is 88.0 Å². The molecule has 0 N–H and O–H groups in total. The van der Waals surface area contributed by atoms with E-state index in [-0.39, 0.29) is 18.3 Å². The van der Waals surface area contributed by atoms with E-state index >= 15 is 0 Å². The summed E-state index contributed by atoms with van der Waals surface area (Å²) in [5, 5.41) is 0. The van der Waals surface area contributed by atoms with Gasteiger partial charge in [-0.05, 0) is 37.0 Å². The molecular weight excluding hydrogens is 435 g/mol. The molecule has 3 atom stereocenters. The van der Waals surface area contributed by atoms with Crippen molar-refractivity contribution in [1.29, 1.82) is 0 Å². The molecule has 0 rings (SSSR count). The molecule has 4 nitrogen and oxygen atoms in total. The Morgan fingerprint density at radius 1 is 0.781 bits per heavy atom. The van der Waals surface area contributed by atoms with Crippen molar-refractivity contribution < 1.29 is 41.0 Å². The molecule has 0 aromatic rings. The Labute approximate surface area is 188 Å². The van der Waals surface area contributed by atoms with E-state index in [9.17, 15) is 31.5 Å². The second-order valence-electron chi connectivity index (χ2n) is 10.5. The minimum Gasteiger partial charge on any atom is -0.459 e.